The van der Waals surface area contributed by atoms with E-state index in [0.29, 0.717) is 6.54 Å². The van der Waals surface area contributed by atoms with Crippen molar-refractivity contribution in [2.45, 2.75) is 39.0 Å². The minimum Gasteiger partial charge on any atom is -0.373 e. The molecule has 3 atom stereocenters. The van der Waals surface area contributed by atoms with Gasteiger partial charge in [0.15, 0.2) is 0 Å². The number of nitrogens with two attached hydrogens (primary N) is 1. The average Bonchev–Trinajstić information content (AvgIpc) is 2.31. The summed E-state index contributed by atoms with van der Waals surface area (Å²) in [5.41, 5.74) is 7.01. The molecule has 1 aromatic heterocycles. The molecule has 1 aliphatic rings. The summed E-state index contributed by atoms with van der Waals surface area (Å²) in [5, 5.41) is 0. The summed E-state index contributed by atoms with van der Waals surface area (Å²) in [6.07, 6.45) is 4.25. The molecule has 0 aliphatic carbocycles. The van der Waals surface area contributed by atoms with Crippen molar-refractivity contribution in [1.29, 1.82) is 0 Å². The second-order valence-electron chi connectivity index (χ2n) is 5.03. The first-order valence-electron chi connectivity index (χ1n) is 6.48. The maximum absolute atomic E-state index is 5.93. The van der Waals surface area contributed by atoms with Crippen molar-refractivity contribution < 1.29 is 4.74 Å². The van der Waals surface area contributed by atoms with Crippen LogP contribution < -0.4 is 5.73 Å². The number of hydrogen-bond acceptors (Lipinski definition) is 5. The Hall–Kier alpha value is -1.04. The van der Waals surface area contributed by atoms with Crippen LogP contribution in [0.25, 0.3) is 0 Å². The zero-order chi connectivity index (χ0) is 13.1. The largest absolute Gasteiger partial charge is 0.373 e. The van der Waals surface area contributed by atoms with Crippen LogP contribution in [-0.2, 0) is 4.74 Å². The third-order valence-electron chi connectivity index (χ3n) is 3.30. The fourth-order valence-electron chi connectivity index (χ4n) is 2.54. The third-order valence-corrected chi connectivity index (χ3v) is 3.30. The van der Waals surface area contributed by atoms with Crippen LogP contribution in [0.15, 0.2) is 12.4 Å². The van der Waals surface area contributed by atoms with Gasteiger partial charge in [-0.25, -0.2) is 9.97 Å². The quantitative estimate of drug-likeness (QED) is 0.863. The minimum absolute atomic E-state index is 0.180. The molecule has 0 radical (unpaired) electrons. The highest BCUT2D eigenvalue weighted by atomic mass is 16.5. The zero-order valence-corrected chi connectivity index (χ0v) is 11.3. The Balaban J connectivity index is 2.14. The van der Waals surface area contributed by atoms with E-state index < -0.39 is 0 Å². The molecule has 0 bridgehead atoms. The summed E-state index contributed by atoms with van der Waals surface area (Å²) in [4.78, 5) is 10.9. The highest BCUT2D eigenvalue weighted by molar-refractivity contribution is 5.12. The number of ether oxygens (including phenoxy) is 1. The lowest BCUT2D eigenvalue weighted by Gasteiger charge is -2.39. The summed E-state index contributed by atoms with van der Waals surface area (Å²) in [6.45, 7) is 8.47. The normalized spacial score (nSPS) is 27.1. The molecule has 5 nitrogen and oxygen atoms in total. The lowest BCUT2D eigenvalue weighted by Crippen LogP contribution is -2.48. The van der Waals surface area contributed by atoms with Crippen LogP contribution in [-0.4, -0.2) is 46.7 Å². The van der Waals surface area contributed by atoms with Gasteiger partial charge in [-0.3, -0.25) is 4.90 Å². The van der Waals surface area contributed by atoms with E-state index in [-0.39, 0.29) is 18.2 Å². The number of rotatable bonds is 3. The Morgan fingerprint density at radius 3 is 2.39 bits per heavy atom. The van der Waals surface area contributed by atoms with Crippen molar-refractivity contribution in [3.8, 4) is 0 Å². The Morgan fingerprint density at radius 2 is 1.89 bits per heavy atom. The number of aromatic nitrogens is 2. The fourth-order valence-corrected chi connectivity index (χ4v) is 2.54. The van der Waals surface area contributed by atoms with Crippen LogP contribution >= 0.6 is 0 Å². The molecule has 5 heteroatoms. The molecule has 0 spiro atoms. The first-order chi connectivity index (χ1) is 8.60. The van der Waals surface area contributed by atoms with E-state index in [1.807, 2.05) is 19.3 Å². The van der Waals surface area contributed by atoms with Crippen molar-refractivity contribution >= 4 is 0 Å². The van der Waals surface area contributed by atoms with Crippen LogP contribution in [0.5, 0.6) is 0 Å². The van der Waals surface area contributed by atoms with Gasteiger partial charge >= 0.3 is 0 Å². The molecule has 1 aliphatic heterocycles. The van der Waals surface area contributed by atoms with Crippen molar-refractivity contribution in [2.24, 2.45) is 5.73 Å². The van der Waals surface area contributed by atoms with Gasteiger partial charge in [0.25, 0.3) is 0 Å². The van der Waals surface area contributed by atoms with Crippen LogP contribution in [0.2, 0.25) is 0 Å². The van der Waals surface area contributed by atoms with E-state index in [0.717, 1.165) is 24.5 Å². The third kappa shape index (κ3) is 3.04. The molecule has 0 saturated carbocycles. The molecule has 2 heterocycles. The number of nitrogens with zero attached hydrogens (tertiary/aromatic N) is 3. The predicted molar refractivity (Wildman–Crippen MR) is 70.1 cm³/mol. The molecule has 2 rings (SSSR count). The topological polar surface area (TPSA) is 64.3 Å². The monoisotopic (exact) mass is 250 g/mol. The van der Waals surface area contributed by atoms with Gasteiger partial charge in [0.1, 0.15) is 5.82 Å². The van der Waals surface area contributed by atoms with Gasteiger partial charge in [-0.05, 0) is 20.8 Å². The van der Waals surface area contributed by atoms with E-state index in [4.69, 9.17) is 10.5 Å². The second kappa shape index (κ2) is 5.73. The standard InChI is InChI=1S/C13H22N4O/c1-9-7-17(8-10(2)18-9)13(4-14)12-5-15-11(3)16-6-12/h5-6,9-10,13H,4,7-8,14H2,1-3H3. The van der Waals surface area contributed by atoms with Crippen LogP contribution in [0.1, 0.15) is 31.3 Å². The van der Waals surface area contributed by atoms with Gasteiger partial charge in [0.2, 0.25) is 0 Å². The molecule has 0 amide bonds. The van der Waals surface area contributed by atoms with Crippen molar-refractivity contribution in [3.05, 3.63) is 23.8 Å². The SMILES string of the molecule is Cc1ncc(C(CN)N2CC(C)OC(C)C2)cn1. The van der Waals surface area contributed by atoms with Gasteiger partial charge in [0.05, 0.1) is 18.2 Å². The summed E-state index contributed by atoms with van der Waals surface area (Å²) in [7, 11) is 0. The van der Waals surface area contributed by atoms with Gasteiger partial charge in [-0.15, -0.1) is 0 Å². The molecule has 2 N–H and O–H groups in total. The molecule has 0 aromatic carbocycles. The molecule has 3 unspecified atom stereocenters. The lowest BCUT2D eigenvalue weighted by molar-refractivity contribution is -0.0800. The Morgan fingerprint density at radius 1 is 1.33 bits per heavy atom. The summed E-state index contributed by atoms with van der Waals surface area (Å²) in [6, 6.07) is 0.180. The molecular weight excluding hydrogens is 228 g/mol. The predicted octanol–water partition coefficient (Wildman–Crippen LogP) is 0.894. The minimum atomic E-state index is 0.180. The second-order valence-corrected chi connectivity index (χ2v) is 5.03. The molecule has 18 heavy (non-hydrogen) atoms. The highest BCUT2D eigenvalue weighted by Gasteiger charge is 2.28. The summed E-state index contributed by atoms with van der Waals surface area (Å²) < 4.78 is 5.75. The Kier molecular flexibility index (Phi) is 4.27. The van der Waals surface area contributed by atoms with Crippen LogP contribution in [0.3, 0.4) is 0 Å². The molecule has 1 saturated heterocycles. The highest BCUT2D eigenvalue weighted by Crippen LogP contribution is 2.23. The Labute approximate surface area is 108 Å². The van der Waals surface area contributed by atoms with Gasteiger partial charge in [-0.1, -0.05) is 0 Å². The van der Waals surface area contributed by atoms with E-state index in [1.54, 1.807) is 0 Å². The maximum Gasteiger partial charge on any atom is 0.125 e. The molecule has 1 fully saturated rings. The van der Waals surface area contributed by atoms with Crippen LogP contribution in [0.4, 0.5) is 0 Å². The summed E-state index contributed by atoms with van der Waals surface area (Å²) >= 11 is 0. The van der Waals surface area contributed by atoms with Gasteiger partial charge in [-0.2, -0.15) is 0 Å². The van der Waals surface area contributed by atoms with E-state index in [1.165, 1.54) is 0 Å². The number of morpholine rings is 1. The zero-order valence-electron chi connectivity index (χ0n) is 11.3. The van der Waals surface area contributed by atoms with Crippen molar-refractivity contribution in [2.75, 3.05) is 19.6 Å². The number of aryl methyl sites for hydroxylation is 1. The Bertz CT molecular complexity index is 371. The smallest absolute Gasteiger partial charge is 0.125 e. The van der Waals surface area contributed by atoms with E-state index >= 15 is 0 Å². The van der Waals surface area contributed by atoms with Gasteiger partial charge in [0, 0.05) is 37.6 Å². The molecule has 1 aromatic rings. The van der Waals surface area contributed by atoms with Crippen molar-refractivity contribution in [3.63, 3.8) is 0 Å². The average molecular weight is 250 g/mol. The number of hydrogen-bond donors (Lipinski definition) is 1. The fraction of sp³-hybridized carbons (Fsp3) is 0.692. The maximum atomic E-state index is 5.93. The van der Waals surface area contributed by atoms with Crippen molar-refractivity contribution in [1.82, 2.24) is 14.9 Å². The lowest BCUT2D eigenvalue weighted by atomic mass is 10.1. The first kappa shape index (κ1) is 13.4. The van der Waals surface area contributed by atoms with Gasteiger partial charge < -0.3 is 10.5 Å². The first-order valence-corrected chi connectivity index (χ1v) is 6.48. The van der Waals surface area contributed by atoms with E-state index in [2.05, 4.69) is 28.7 Å². The van der Waals surface area contributed by atoms with E-state index in [9.17, 15) is 0 Å². The molecule has 100 valence electrons. The van der Waals surface area contributed by atoms with Crippen LogP contribution in [0, 0.1) is 6.92 Å². The molecular formula is C13H22N4O. The summed E-state index contributed by atoms with van der Waals surface area (Å²) in [5.74, 6) is 0.790.